The van der Waals surface area contributed by atoms with Crippen LogP contribution < -0.4 is 0 Å². The number of hydrogen-bond acceptors (Lipinski definition) is 5. The predicted molar refractivity (Wildman–Crippen MR) is 39.2 cm³/mol. The Morgan fingerprint density at radius 3 is 2.50 bits per heavy atom. The van der Waals surface area contributed by atoms with Gasteiger partial charge in [0.1, 0.15) is 18.3 Å². The third-order valence-electron chi connectivity index (χ3n) is 2.19. The highest BCUT2D eigenvalue weighted by molar-refractivity contribution is 4.90. The van der Waals surface area contributed by atoms with Gasteiger partial charge in [-0.15, -0.1) is 0 Å². The molecule has 5 nitrogen and oxygen atoms in total. The van der Waals surface area contributed by atoms with Gasteiger partial charge in [0, 0.05) is 6.42 Å². The number of ether oxygens (including phenoxy) is 1. The van der Waals surface area contributed by atoms with Gasteiger partial charge in [-0.2, -0.15) is 0 Å². The molecule has 1 heterocycles. The Balaban J connectivity index is 2.71. The van der Waals surface area contributed by atoms with Crippen molar-refractivity contribution in [2.24, 2.45) is 0 Å². The Hall–Kier alpha value is -0.200. The van der Waals surface area contributed by atoms with E-state index in [0.717, 1.165) is 0 Å². The van der Waals surface area contributed by atoms with E-state index in [-0.39, 0.29) is 13.0 Å². The van der Waals surface area contributed by atoms with E-state index in [2.05, 4.69) is 0 Å². The van der Waals surface area contributed by atoms with Gasteiger partial charge >= 0.3 is 0 Å². The van der Waals surface area contributed by atoms with Crippen LogP contribution in [0.1, 0.15) is 13.3 Å². The Morgan fingerprint density at radius 1 is 1.42 bits per heavy atom. The second-order valence-electron chi connectivity index (χ2n) is 3.01. The van der Waals surface area contributed by atoms with Crippen LogP contribution >= 0.6 is 0 Å². The van der Waals surface area contributed by atoms with Crippen molar-refractivity contribution in [3.8, 4) is 0 Å². The van der Waals surface area contributed by atoms with Gasteiger partial charge in [-0.05, 0) is 0 Å². The van der Waals surface area contributed by atoms with Crippen LogP contribution in [0.2, 0.25) is 0 Å². The van der Waals surface area contributed by atoms with Crippen LogP contribution in [0.25, 0.3) is 0 Å². The number of rotatable bonds is 1. The molecule has 0 saturated carbocycles. The summed E-state index contributed by atoms with van der Waals surface area (Å²) >= 11 is 0. The molecule has 0 aromatic heterocycles. The quantitative estimate of drug-likeness (QED) is 0.380. The minimum Gasteiger partial charge on any atom is -0.388 e. The SMILES string of the molecule is CCC1(O)OC[C@H](O)C(O)[C@@H]1O. The van der Waals surface area contributed by atoms with E-state index in [1.807, 2.05) is 0 Å². The summed E-state index contributed by atoms with van der Waals surface area (Å²) < 4.78 is 4.81. The first-order valence-electron chi connectivity index (χ1n) is 3.92. The summed E-state index contributed by atoms with van der Waals surface area (Å²) in [5.74, 6) is -1.72. The maximum Gasteiger partial charge on any atom is 0.194 e. The third kappa shape index (κ3) is 1.46. The van der Waals surface area contributed by atoms with E-state index in [4.69, 9.17) is 9.84 Å². The molecule has 0 bridgehead atoms. The molecule has 1 rings (SSSR count). The highest BCUT2D eigenvalue weighted by Crippen LogP contribution is 2.26. The van der Waals surface area contributed by atoms with Crippen molar-refractivity contribution in [2.45, 2.75) is 37.4 Å². The zero-order valence-corrected chi connectivity index (χ0v) is 6.84. The Labute approximate surface area is 70.2 Å². The molecule has 0 radical (unpaired) electrons. The lowest BCUT2D eigenvalue weighted by Gasteiger charge is -2.41. The largest absolute Gasteiger partial charge is 0.388 e. The van der Waals surface area contributed by atoms with E-state index in [1.165, 1.54) is 0 Å². The molecule has 0 spiro atoms. The number of hydrogen-bond donors (Lipinski definition) is 4. The van der Waals surface area contributed by atoms with Gasteiger partial charge in [0.05, 0.1) is 6.61 Å². The van der Waals surface area contributed by atoms with Crippen LogP contribution in [0.15, 0.2) is 0 Å². The highest BCUT2D eigenvalue weighted by atomic mass is 16.6. The average Bonchev–Trinajstić information content (AvgIpc) is 2.09. The summed E-state index contributed by atoms with van der Waals surface area (Å²) in [6.45, 7) is 1.45. The molecule has 1 aliphatic heterocycles. The minimum atomic E-state index is -1.72. The topological polar surface area (TPSA) is 90.2 Å². The van der Waals surface area contributed by atoms with Crippen LogP contribution in [0.5, 0.6) is 0 Å². The first-order chi connectivity index (χ1) is 5.51. The lowest BCUT2D eigenvalue weighted by Crippen LogP contribution is -2.60. The summed E-state index contributed by atoms with van der Waals surface area (Å²) in [5.41, 5.74) is 0. The Bertz CT molecular complexity index is 162. The molecule has 72 valence electrons. The van der Waals surface area contributed by atoms with E-state index in [9.17, 15) is 15.3 Å². The van der Waals surface area contributed by atoms with E-state index < -0.39 is 24.1 Å². The molecule has 1 aliphatic rings. The fourth-order valence-electron chi connectivity index (χ4n) is 1.20. The third-order valence-corrected chi connectivity index (χ3v) is 2.19. The molecule has 0 aromatic rings. The van der Waals surface area contributed by atoms with Crippen LogP contribution in [0.3, 0.4) is 0 Å². The fraction of sp³-hybridized carbons (Fsp3) is 1.00. The summed E-state index contributed by atoms with van der Waals surface area (Å²) in [6.07, 6.45) is -3.76. The fourth-order valence-corrected chi connectivity index (χ4v) is 1.20. The van der Waals surface area contributed by atoms with Crippen molar-refractivity contribution in [1.29, 1.82) is 0 Å². The van der Waals surface area contributed by atoms with E-state index >= 15 is 0 Å². The van der Waals surface area contributed by atoms with Crippen molar-refractivity contribution < 1.29 is 25.2 Å². The van der Waals surface area contributed by atoms with Crippen molar-refractivity contribution in [3.05, 3.63) is 0 Å². The van der Waals surface area contributed by atoms with E-state index in [0.29, 0.717) is 0 Å². The van der Waals surface area contributed by atoms with Gasteiger partial charge in [-0.1, -0.05) is 6.92 Å². The molecule has 1 fully saturated rings. The van der Waals surface area contributed by atoms with E-state index in [1.54, 1.807) is 6.92 Å². The molecule has 5 heteroatoms. The molecule has 2 unspecified atom stereocenters. The lowest BCUT2D eigenvalue weighted by atomic mass is 9.95. The average molecular weight is 178 g/mol. The molecular weight excluding hydrogens is 164 g/mol. The van der Waals surface area contributed by atoms with Crippen molar-refractivity contribution in [1.82, 2.24) is 0 Å². The molecule has 1 saturated heterocycles. The van der Waals surface area contributed by atoms with Crippen LogP contribution in [-0.2, 0) is 4.74 Å². The Morgan fingerprint density at radius 2 is 2.00 bits per heavy atom. The normalized spacial score (nSPS) is 49.2. The summed E-state index contributed by atoms with van der Waals surface area (Å²) in [7, 11) is 0. The second kappa shape index (κ2) is 3.27. The van der Waals surface area contributed by atoms with Gasteiger partial charge < -0.3 is 25.2 Å². The maximum absolute atomic E-state index is 9.49. The lowest BCUT2D eigenvalue weighted by molar-refractivity contribution is -0.321. The van der Waals surface area contributed by atoms with Gasteiger partial charge in [-0.25, -0.2) is 0 Å². The molecule has 12 heavy (non-hydrogen) atoms. The molecule has 0 aliphatic carbocycles. The van der Waals surface area contributed by atoms with Crippen molar-refractivity contribution in [3.63, 3.8) is 0 Å². The Kier molecular flexibility index (Phi) is 2.70. The van der Waals surface area contributed by atoms with Gasteiger partial charge in [0.2, 0.25) is 0 Å². The zero-order valence-electron chi connectivity index (χ0n) is 6.84. The van der Waals surface area contributed by atoms with Crippen LogP contribution in [-0.4, -0.2) is 51.1 Å². The predicted octanol–water partition coefficient (Wildman–Crippen LogP) is -1.80. The minimum absolute atomic E-state index is 0.164. The molecule has 4 N–H and O–H groups in total. The highest BCUT2D eigenvalue weighted by Gasteiger charge is 2.46. The summed E-state index contributed by atoms with van der Waals surface area (Å²) in [4.78, 5) is 0. The van der Waals surface area contributed by atoms with Crippen LogP contribution in [0, 0.1) is 0 Å². The maximum atomic E-state index is 9.49. The van der Waals surface area contributed by atoms with Crippen molar-refractivity contribution in [2.75, 3.05) is 6.61 Å². The first kappa shape index (κ1) is 9.88. The molecular formula is C7H14O5. The van der Waals surface area contributed by atoms with Gasteiger partial charge in [-0.3, -0.25) is 0 Å². The van der Waals surface area contributed by atoms with Gasteiger partial charge in [0.15, 0.2) is 5.79 Å². The molecule has 0 amide bonds. The zero-order chi connectivity index (χ0) is 9.35. The summed E-state index contributed by atoms with van der Waals surface area (Å²) in [6, 6.07) is 0. The standard InChI is InChI=1S/C7H14O5/c1-2-7(11)6(10)5(9)4(8)3-12-7/h4-6,8-11H,2-3H2,1H3/t4-,5?,6-,7?/m0/s1. The van der Waals surface area contributed by atoms with Crippen molar-refractivity contribution >= 4 is 0 Å². The molecule has 4 atom stereocenters. The summed E-state index contributed by atoms with van der Waals surface area (Å²) in [5, 5.41) is 37.0. The monoisotopic (exact) mass is 178 g/mol. The van der Waals surface area contributed by atoms with Crippen LogP contribution in [0.4, 0.5) is 0 Å². The number of aliphatic hydroxyl groups excluding tert-OH is 3. The first-order valence-corrected chi connectivity index (χ1v) is 3.92. The molecule has 0 aromatic carbocycles. The van der Waals surface area contributed by atoms with Gasteiger partial charge in [0.25, 0.3) is 0 Å². The second-order valence-corrected chi connectivity index (χ2v) is 3.01. The smallest absolute Gasteiger partial charge is 0.194 e. The number of aliphatic hydroxyl groups is 4.